The molecule has 2 amide bonds. The molecule has 1 heterocycles. The van der Waals surface area contributed by atoms with Gasteiger partial charge in [-0.3, -0.25) is 14.3 Å². The molecule has 3 aromatic rings. The highest BCUT2D eigenvalue weighted by Gasteiger charge is 2.18. The summed E-state index contributed by atoms with van der Waals surface area (Å²) in [5, 5.41) is 9.55. The van der Waals surface area contributed by atoms with Crippen LogP contribution in [0.25, 0.3) is 0 Å². The van der Waals surface area contributed by atoms with E-state index < -0.39 is 0 Å². The van der Waals surface area contributed by atoms with Gasteiger partial charge in [-0.25, -0.2) is 0 Å². The molecule has 7 heteroatoms. The average molecular weight is 435 g/mol. The molecule has 0 aliphatic carbocycles. The highest BCUT2D eigenvalue weighted by Crippen LogP contribution is 2.24. The molecule has 168 valence electrons. The topological polar surface area (TPSA) is 85.2 Å². The van der Waals surface area contributed by atoms with E-state index in [9.17, 15) is 9.59 Å². The van der Waals surface area contributed by atoms with Crippen LogP contribution in [0.5, 0.6) is 5.75 Å². The van der Waals surface area contributed by atoms with Gasteiger partial charge in [-0.05, 0) is 47.7 Å². The molecule has 3 rings (SSSR count). The Kier molecular flexibility index (Phi) is 6.98. The quantitative estimate of drug-likeness (QED) is 0.577. The van der Waals surface area contributed by atoms with E-state index in [0.717, 1.165) is 11.3 Å². The molecule has 0 unspecified atom stereocenters. The van der Waals surface area contributed by atoms with Gasteiger partial charge in [-0.2, -0.15) is 5.10 Å². The molecule has 2 N–H and O–H groups in total. The summed E-state index contributed by atoms with van der Waals surface area (Å²) < 4.78 is 7.50. The minimum atomic E-state index is -0.355. The van der Waals surface area contributed by atoms with Crippen LogP contribution in [0.1, 0.15) is 59.7 Å². The third-order valence-corrected chi connectivity index (χ3v) is 5.09. The Morgan fingerprint density at radius 3 is 2.41 bits per heavy atom. The molecule has 0 aliphatic rings. The third-order valence-electron chi connectivity index (χ3n) is 5.09. The van der Waals surface area contributed by atoms with E-state index in [-0.39, 0.29) is 22.9 Å². The predicted octanol–water partition coefficient (Wildman–Crippen LogP) is 4.39. The standard InChI is InChI=1S/C25H30N4O3/c1-6-29-15-21(22(28-29)24(31)26-5)27-23(30)18-9-7-8-17(14-18)16-32-20-12-10-19(11-13-20)25(2,3)4/h7-15H,6,16H2,1-5H3,(H,26,31)(H,27,30). The van der Waals surface area contributed by atoms with E-state index in [1.165, 1.54) is 12.6 Å². The van der Waals surface area contributed by atoms with E-state index >= 15 is 0 Å². The van der Waals surface area contributed by atoms with Crippen molar-refractivity contribution in [2.75, 3.05) is 12.4 Å². The van der Waals surface area contributed by atoms with Crippen molar-refractivity contribution >= 4 is 17.5 Å². The maximum atomic E-state index is 12.8. The lowest BCUT2D eigenvalue weighted by Gasteiger charge is -2.19. The van der Waals surface area contributed by atoms with Crippen molar-refractivity contribution in [1.82, 2.24) is 15.1 Å². The van der Waals surface area contributed by atoms with Crippen LogP contribution in [0, 0.1) is 0 Å². The molecule has 0 fully saturated rings. The molecule has 1 aromatic heterocycles. The lowest BCUT2D eigenvalue weighted by Crippen LogP contribution is -2.21. The highest BCUT2D eigenvalue weighted by atomic mass is 16.5. The van der Waals surface area contributed by atoms with Crippen molar-refractivity contribution in [3.63, 3.8) is 0 Å². The lowest BCUT2D eigenvalue weighted by atomic mass is 9.87. The second-order valence-electron chi connectivity index (χ2n) is 8.54. The van der Waals surface area contributed by atoms with Crippen LogP contribution in [-0.4, -0.2) is 28.6 Å². The zero-order chi connectivity index (χ0) is 23.3. The number of carbonyl (C=O) groups is 2. The number of nitrogens with zero attached hydrogens (tertiary/aromatic N) is 2. The molecule has 0 atom stereocenters. The van der Waals surface area contributed by atoms with Gasteiger partial charge in [0, 0.05) is 25.4 Å². The monoisotopic (exact) mass is 434 g/mol. The first kappa shape index (κ1) is 23.1. The van der Waals surface area contributed by atoms with Gasteiger partial charge in [-0.15, -0.1) is 0 Å². The molecule has 32 heavy (non-hydrogen) atoms. The Hall–Kier alpha value is -3.61. The SMILES string of the molecule is CCn1cc(NC(=O)c2cccc(COc3ccc(C(C)(C)C)cc3)c2)c(C(=O)NC)n1. The molecule has 0 saturated heterocycles. The number of ether oxygens (including phenoxy) is 1. The first-order chi connectivity index (χ1) is 15.2. The maximum absolute atomic E-state index is 12.8. The number of hydrogen-bond donors (Lipinski definition) is 2. The van der Waals surface area contributed by atoms with E-state index in [2.05, 4.69) is 48.6 Å². The molecular weight excluding hydrogens is 404 g/mol. The Bertz CT molecular complexity index is 1100. The molecule has 0 radical (unpaired) electrons. The smallest absolute Gasteiger partial charge is 0.273 e. The molecule has 0 saturated carbocycles. The van der Waals surface area contributed by atoms with Gasteiger partial charge in [0.15, 0.2) is 5.69 Å². The van der Waals surface area contributed by atoms with Crippen molar-refractivity contribution in [2.45, 2.75) is 46.3 Å². The summed E-state index contributed by atoms with van der Waals surface area (Å²) in [5.74, 6) is 0.101. The van der Waals surface area contributed by atoms with Gasteiger partial charge in [-0.1, -0.05) is 45.0 Å². The summed E-state index contributed by atoms with van der Waals surface area (Å²) in [6.07, 6.45) is 1.65. The number of benzene rings is 2. The van der Waals surface area contributed by atoms with Crippen LogP contribution >= 0.6 is 0 Å². The van der Waals surface area contributed by atoms with Crippen LogP contribution in [0.15, 0.2) is 54.7 Å². The van der Waals surface area contributed by atoms with Gasteiger partial charge in [0.05, 0.1) is 5.69 Å². The van der Waals surface area contributed by atoms with E-state index in [0.29, 0.717) is 24.4 Å². The molecular formula is C25H30N4O3. The fourth-order valence-corrected chi connectivity index (χ4v) is 3.18. The van der Waals surface area contributed by atoms with Crippen molar-refractivity contribution < 1.29 is 14.3 Å². The van der Waals surface area contributed by atoms with Crippen LogP contribution in [0.2, 0.25) is 0 Å². The summed E-state index contributed by atoms with van der Waals surface area (Å²) in [4.78, 5) is 24.9. The fraction of sp³-hybridized carbons (Fsp3) is 0.320. The normalized spacial score (nSPS) is 11.2. The summed E-state index contributed by atoms with van der Waals surface area (Å²) in [6, 6.07) is 15.3. The van der Waals surface area contributed by atoms with E-state index in [1.54, 1.807) is 23.0 Å². The summed E-state index contributed by atoms with van der Waals surface area (Å²) in [7, 11) is 1.53. The predicted molar refractivity (Wildman–Crippen MR) is 125 cm³/mol. The Balaban J connectivity index is 1.69. The van der Waals surface area contributed by atoms with Crippen molar-refractivity contribution in [3.8, 4) is 5.75 Å². The van der Waals surface area contributed by atoms with E-state index in [4.69, 9.17) is 4.74 Å². The maximum Gasteiger partial charge on any atom is 0.273 e. The number of anilines is 1. The van der Waals surface area contributed by atoms with Gasteiger partial charge in [0.2, 0.25) is 0 Å². The first-order valence-electron chi connectivity index (χ1n) is 10.6. The summed E-state index contributed by atoms with van der Waals surface area (Å²) in [5.41, 5.74) is 3.23. The molecule has 0 bridgehead atoms. The van der Waals surface area contributed by atoms with Gasteiger partial charge in [0.25, 0.3) is 11.8 Å². The Morgan fingerprint density at radius 2 is 1.78 bits per heavy atom. The number of nitrogens with one attached hydrogen (secondary N) is 2. The average Bonchev–Trinajstić information content (AvgIpc) is 3.20. The Labute approximate surface area is 188 Å². The largest absolute Gasteiger partial charge is 0.489 e. The number of aromatic nitrogens is 2. The van der Waals surface area contributed by atoms with Crippen LogP contribution in [0.4, 0.5) is 5.69 Å². The number of amides is 2. The number of aryl methyl sites for hydroxylation is 1. The minimum Gasteiger partial charge on any atom is -0.489 e. The lowest BCUT2D eigenvalue weighted by molar-refractivity contribution is 0.0958. The van der Waals surface area contributed by atoms with Crippen molar-refractivity contribution in [1.29, 1.82) is 0 Å². The van der Waals surface area contributed by atoms with Crippen LogP contribution in [0.3, 0.4) is 0 Å². The minimum absolute atomic E-state index is 0.0888. The zero-order valence-electron chi connectivity index (χ0n) is 19.2. The van der Waals surface area contributed by atoms with E-state index in [1.807, 2.05) is 31.2 Å². The fourth-order valence-electron chi connectivity index (χ4n) is 3.18. The Morgan fingerprint density at radius 1 is 1.06 bits per heavy atom. The van der Waals surface area contributed by atoms with Gasteiger partial charge in [0.1, 0.15) is 12.4 Å². The van der Waals surface area contributed by atoms with Crippen molar-refractivity contribution in [3.05, 3.63) is 77.1 Å². The van der Waals surface area contributed by atoms with Gasteiger partial charge < -0.3 is 15.4 Å². The highest BCUT2D eigenvalue weighted by molar-refractivity contribution is 6.08. The summed E-state index contributed by atoms with van der Waals surface area (Å²) >= 11 is 0. The molecule has 7 nitrogen and oxygen atoms in total. The second kappa shape index (κ2) is 9.68. The molecule has 0 spiro atoms. The van der Waals surface area contributed by atoms with Crippen molar-refractivity contribution in [2.24, 2.45) is 0 Å². The second-order valence-corrected chi connectivity index (χ2v) is 8.54. The van der Waals surface area contributed by atoms with Crippen LogP contribution < -0.4 is 15.4 Å². The zero-order valence-corrected chi connectivity index (χ0v) is 19.2. The number of hydrogen-bond acceptors (Lipinski definition) is 4. The number of carbonyl (C=O) groups excluding carboxylic acids is 2. The molecule has 0 aliphatic heterocycles. The number of rotatable bonds is 7. The third kappa shape index (κ3) is 5.55. The first-order valence-corrected chi connectivity index (χ1v) is 10.6. The summed E-state index contributed by atoms with van der Waals surface area (Å²) in [6.45, 7) is 9.35. The molecule has 2 aromatic carbocycles. The van der Waals surface area contributed by atoms with Crippen LogP contribution in [-0.2, 0) is 18.6 Å². The van der Waals surface area contributed by atoms with Gasteiger partial charge >= 0.3 is 0 Å².